The van der Waals surface area contributed by atoms with Crippen molar-refractivity contribution in [2.75, 3.05) is 5.32 Å². The van der Waals surface area contributed by atoms with Crippen LogP contribution in [0.3, 0.4) is 0 Å². The van der Waals surface area contributed by atoms with Crippen molar-refractivity contribution in [1.82, 2.24) is 19.6 Å². The minimum Gasteiger partial charge on any atom is -0.308 e. The van der Waals surface area contributed by atoms with Gasteiger partial charge in [0.15, 0.2) is 5.82 Å². The third-order valence-electron chi connectivity index (χ3n) is 3.40. The van der Waals surface area contributed by atoms with E-state index in [9.17, 15) is 4.79 Å². The number of rotatable bonds is 6. The van der Waals surface area contributed by atoms with Crippen molar-refractivity contribution < 1.29 is 4.79 Å². The molecule has 0 aliphatic carbocycles. The van der Waals surface area contributed by atoms with Gasteiger partial charge in [0.05, 0.1) is 21.7 Å². The zero-order valence-electron chi connectivity index (χ0n) is 13.0. The molecule has 2 aromatic heterocycles. The zero-order chi connectivity index (χ0) is 17.8. The molecule has 0 unspecified atom stereocenters. The Morgan fingerprint density at radius 3 is 2.60 bits per heavy atom. The van der Waals surface area contributed by atoms with Gasteiger partial charge in [0.1, 0.15) is 0 Å². The van der Waals surface area contributed by atoms with Gasteiger partial charge in [-0.25, -0.2) is 0 Å². The molecule has 0 aliphatic rings. The van der Waals surface area contributed by atoms with Crippen molar-refractivity contribution in [2.45, 2.75) is 19.5 Å². The van der Waals surface area contributed by atoms with Crippen molar-refractivity contribution in [1.29, 1.82) is 0 Å². The van der Waals surface area contributed by atoms with E-state index >= 15 is 0 Å². The lowest BCUT2D eigenvalue weighted by Gasteiger charge is -2.04. The van der Waals surface area contributed by atoms with Gasteiger partial charge in [-0.1, -0.05) is 23.7 Å². The number of hydrogen-bond acceptors (Lipinski definition) is 3. The van der Waals surface area contributed by atoms with Crippen LogP contribution in [0.4, 0.5) is 5.82 Å². The molecule has 0 bridgehead atoms. The lowest BCUT2D eigenvalue weighted by molar-refractivity contribution is -0.116. The summed E-state index contributed by atoms with van der Waals surface area (Å²) in [5.74, 6) is 0.379. The van der Waals surface area contributed by atoms with Gasteiger partial charge in [0.2, 0.25) is 5.91 Å². The van der Waals surface area contributed by atoms with Gasteiger partial charge in [-0.2, -0.15) is 10.2 Å². The summed E-state index contributed by atoms with van der Waals surface area (Å²) >= 11 is 12.6. The van der Waals surface area contributed by atoms with Crippen LogP contribution in [0.1, 0.15) is 12.0 Å². The molecule has 9 heteroatoms. The molecule has 3 rings (SSSR count). The highest BCUT2D eigenvalue weighted by Crippen LogP contribution is 2.21. The quantitative estimate of drug-likeness (QED) is 0.563. The number of nitrogens with zero attached hydrogens (tertiary/aromatic N) is 4. The first kappa shape index (κ1) is 18.2. The fourth-order valence-corrected chi connectivity index (χ4v) is 3.08. The van der Waals surface area contributed by atoms with Gasteiger partial charge < -0.3 is 5.32 Å². The van der Waals surface area contributed by atoms with Gasteiger partial charge in [0.25, 0.3) is 0 Å². The third kappa shape index (κ3) is 5.17. The lowest BCUT2D eigenvalue weighted by atomic mass is 10.2. The maximum absolute atomic E-state index is 12.1. The summed E-state index contributed by atoms with van der Waals surface area (Å²) in [5, 5.41) is 12.0. The van der Waals surface area contributed by atoms with Crippen LogP contribution in [0.15, 0.2) is 51.8 Å². The summed E-state index contributed by atoms with van der Waals surface area (Å²) in [5.41, 5.74) is 1.07. The minimum absolute atomic E-state index is 0.121. The summed E-state index contributed by atoms with van der Waals surface area (Å²) < 4.78 is 5.08. The molecule has 1 N–H and O–H groups in total. The van der Waals surface area contributed by atoms with Crippen LogP contribution in [-0.4, -0.2) is 25.5 Å². The molecule has 3 aromatic rings. The Morgan fingerprint density at radius 1 is 1.16 bits per heavy atom. The predicted octanol–water partition coefficient (Wildman–Crippen LogP) is 4.34. The van der Waals surface area contributed by atoms with Crippen LogP contribution in [0, 0.1) is 0 Å². The molecule has 0 saturated heterocycles. The van der Waals surface area contributed by atoms with E-state index in [0.29, 0.717) is 30.4 Å². The number of carbonyl (C=O) groups excluding carboxylic acids is 1. The van der Waals surface area contributed by atoms with E-state index < -0.39 is 0 Å². The second-order valence-electron chi connectivity index (χ2n) is 5.37. The molecular formula is C16H14Br2ClN5O. The van der Waals surface area contributed by atoms with Crippen molar-refractivity contribution in [3.8, 4) is 0 Å². The van der Waals surface area contributed by atoms with E-state index in [-0.39, 0.29) is 5.91 Å². The second-order valence-corrected chi connectivity index (χ2v) is 7.58. The van der Waals surface area contributed by atoms with E-state index in [4.69, 9.17) is 11.6 Å². The molecule has 1 aromatic carbocycles. The standard InChI is InChI=1S/C16H14Br2ClN5O/c17-12-7-20-23(9-12)6-5-15(25)21-16-14(18)10-24(22-16)8-11-1-3-13(19)4-2-11/h1-4,7,9-10H,5-6,8H2,(H,21,22,25). The molecule has 0 atom stereocenters. The summed E-state index contributed by atoms with van der Waals surface area (Å²) in [6, 6.07) is 7.56. The summed E-state index contributed by atoms with van der Waals surface area (Å²) in [7, 11) is 0. The van der Waals surface area contributed by atoms with Crippen LogP contribution in [-0.2, 0) is 17.9 Å². The Bertz CT molecular complexity index is 875. The number of nitrogens with one attached hydrogen (secondary N) is 1. The number of amides is 1. The number of carbonyl (C=O) groups is 1. The maximum atomic E-state index is 12.1. The topological polar surface area (TPSA) is 64.7 Å². The fourth-order valence-electron chi connectivity index (χ4n) is 2.21. The van der Waals surface area contributed by atoms with Crippen molar-refractivity contribution in [3.05, 3.63) is 62.4 Å². The average Bonchev–Trinajstić information content (AvgIpc) is 3.14. The zero-order valence-corrected chi connectivity index (χ0v) is 16.9. The van der Waals surface area contributed by atoms with Gasteiger partial charge in [0, 0.05) is 30.4 Å². The highest BCUT2D eigenvalue weighted by molar-refractivity contribution is 9.10. The van der Waals surface area contributed by atoms with Crippen molar-refractivity contribution in [3.63, 3.8) is 0 Å². The largest absolute Gasteiger partial charge is 0.308 e. The first-order valence-corrected chi connectivity index (χ1v) is 9.41. The van der Waals surface area contributed by atoms with E-state index in [0.717, 1.165) is 14.5 Å². The smallest absolute Gasteiger partial charge is 0.227 e. The van der Waals surface area contributed by atoms with Gasteiger partial charge in [-0.3, -0.25) is 14.2 Å². The molecule has 0 fully saturated rings. The number of hydrogen-bond donors (Lipinski definition) is 1. The first-order valence-electron chi connectivity index (χ1n) is 7.45. The normalized spacial score (nSPS) is 10.8. The maximum Gasteiger partial charge on any atom is 0.227 e. The fraction of sp³-hybridized carbons (Fsp3) is 0.188. The summed E-state index contributed by atoms with van der Waals surface area (Å²) in [6.45, 7) is 1.09. The summed E-state index contributed by atoms with van der Waals surface area (Å²) in [6.07, 6.45) is 5.65. The van der Waals surface area contributed by atoms with Gasteiger partial charge >= 0.3 is 0 Å². The Morgan fingerprint density at radius 2 is 1.92 bits per heavy atom. The lowest BCUT2D eigenvalue weighted by Crippen LogP contribution is -2.15. The molecule has 2 heterocycles. The van der Waals surface area contributed by atoms with E-state index in [1.54, 1.807) is 15.6 Å². The SMILES string of the molecule is O=C(CCn1cc(Br)cn1)Nc1nn(Cc2ccc(Cl)cc2)cc1Br. The van der Waals surface area contributed by atoms with Crippen molar-refractivity contribution >= 4 is 55.2 Å². The Balaban J connectivity index is 1.58. The number of aryl methyl sites for hydroxylation is 1. The molecule has 6 nitrogen and oxygen atoms in total. The van der Waals surface area contributed by atoms with Gasteiger partial charge in [-0.15, -0.1) is 0 Å². The number of halogens is 3. The number of aromatic nitrogens is 4. The Labute approximate surface area is 166 Å². The number of anilines is 1. The molecule has 0 spiro atoms. The van der Waals surface area contributed by atoms with Crippen LogP contribution >= 0.6 is 43.5 Å². The average molecular weight is 488 g/mol. The highest BCUT2D eigenvalue weighted by Gasteiger charge is 2.11. The molecule has 0 aliphatic heterocycles. The monoisotopic (exact) mass is 485 g/mol. The molecule has 130 valence electrons. The van der Waals surface area contributed by atoms with Crippen LogP contribution in [0.2, 0.25) is 5.02 Å². The minimum atomic E-state index is -0.121. The third-order valence-corrected chi connectivity index (χ3v) is 4.64. The number of benzene rings is 1. The van der Waals surface area contributed by atoms with Crippen LogP contribution in [0.5, 0.6) is 0 Å². The Kier molecular flexibility index (Phi) is 5.93. The van der Waals surface area contributed by atoms with Crippen LogP contribution in [0.25, 0.3) is 0 Å². The van der Waals surface area contributed by atoms with Gasteiger partial charge in [-0.05, 0) is 49.6 Å². The van der Waals surface area contributed by atoms with E-state index in [2.05, 4.69) is 47.4 Å². The summed E-state index contributed by atoms with van der Waals surface area (Å²) in [4.78, 5) is 12.1. The second kappa shape index (κ2) is 8.16. The highest BCUT2D eigenvalue weighted by atomic mass is 79.9. The Hall–Kier alpha value is -1.64. The van der Waals surface area contributed by atoms with Crippen LogP contribution < -0.4 is 5.32 Å². The van der Waals surface area contributed by atoms with Crippen molar-refractivity contribution in [2.24, 2.45) is 0 Å². The van der Waals surface area contributed by atoms with E-state index in [1.807, 2.05) is 36.7 Å². The first-order chi connectivity index (χ1) is 12.0. The molecular weight excluding hydrogens is 473 g/mol. The molecule has 0 radical (unpaired) electrons. The predicted molar refractivity (Wildman–Crippen MR) is 104 cm³/mol. The van der Waals surface area contributed by atoms with E-state index in [1.165, 1.54) is 0 Å². The molecule has 1 amide bonds. The molecule has 25 heavy (non-hydrogen) atoms. The molecule has 0 saturated carbocycles.